The molecule has 2 rings (SSSR count). The van der Waals surface area contributed by atoms with Crippen molar-refractivity contribution < 1.29 is 19.4 Å². The fraction of sp³-hybridized carbons (Fsp3) is 0.538. The first-order valence-corrected chi connectivity index (χ1v) is 7.45. The highest BCUT2D eigenvalue weighted by Crippen LogP contribution is 2.19. The second-order valence-corrected chi connectivity index (χ2v) is 5.66. The number of amides is 2. The molecular weight excluding hydrogens is 280 g/mol. The number of hydrogen-bond acceptors (Lipinski definition) is 4. The molecule has 0 aromatic carbocycles. The fourth-order valence-electron chi connectivity index (χ4n) is 2.06. The molecule has 2 heterocycles. The third kappa shape index (κ3) is 4.50. The predicted octanol–water partition coefficient (Wildman–Crippen LogP) is 1.22. The minimum absolute atomic E-state index is 0.209. The van der Waals surface area contributed by atoms with Crippen molar-refractivity contribution in [2.75, 3.05) is 13.1 Å². The first kappa shape index (κ1) is 14.8. The predicted molar refractivity (Wildman–Crippen MR) is 75.0 cm³/mol. The molecule has 1 fully saturated rings. The van der Waals surface area contributed by atoms with E-state index in [0.29, 0.717) is 25.9 Å². The number of ether oxygens (including phenoxy) is 1. The molecule has 0 saturated carbocycles. The van der Waals surface area contributed by atoms with Gasteiger partial charge in [-0.05, 0) is 30.7 Å². The number of aliphatic carboxylic acids is 1. The summed E-state index contributed by atoms with van der Waals surface area (Å²) >= 11 is 1.66. The average Bonchev–Trinajstić information content (AvgIpc) is 3.07. The molecule has 3 N–H and O–H groups in total. The maximum atomic E-state index is 11.6. The highest BCUT2D eigenvalue weighted by Gasteiger charge is 2.30. The number of thiophene rings is 1. The summed E-state index contributed by atoms with van der Waals surface area (Å²) in [6.45, 7) is 0.921. The molecule has 0 aliphatic carbocycles. The van der Waals surface area contributed by atoms with Crippen LogP contribution < -0.4 is 10.6 Å². The number of rotatable bonds is 6. The molecule has 0 spiro atoms. The molecule has 2 amide bonds. The first-order valence-electron chi connectivity index (χ1n) is 6.57. The Bertz CT molecular complexity index is 449. The number of carboxylic acid groups (broad SMARTS) is 1. The lowest BCUT2D eigenvalue weighted by Gasteiger charge is -2.12. The maximum absolute atomic E-state index is 11.6. The van der Waals surface area contributed by atoms with Crippen molar-refractivity contribution in [2.45, 2.75) is 31.5 Å². The van der Waals surface area contributed by atoms with E-state index in [-0.39, 0.29) is 12.1 Å². The first-order chi connectivity index (χ1) is 9.65. The van der Waals surface area contributed by atoms with Crippen LogP contribution in [0, 0.1) is 0 Å². The molecule has 2 atom stereocenters. The Morgan fingerprint density at radius 1 is 1.40 bits per heavy atom. The van der Waals surface area contributed by atoms with Crippen molar-refractivity contribution in [1.29, 1.82) is 0 Å². The Labute approximate surface area is 121 Å². The molecule has 1 aromatic rings. The van der Waals surface area contributed by atoms with Crippen molar-refractivity contribution >= 4 is 23.3 Å². The maximum Gasteiger partial charge on any atom is 0.332 e. The second kappa shape index (κ2) is 7.25. The van der Waals surface area contributed by atoms with Gasteiger partial charge in [0.25, 0.3) is 0 Å². The SMILES string of the molecule is O=C(NCCc1cccs1)NCC1CCC(C(=O)O)O1. The minimum atomic E-state index is -0.937. The normalized spacial score (nSPS) is 21.6. The van der Waals surface area contributed by atoms with Crippen LogP contribution in [0.5, 0.6) is 0 Å². The van der Waals surface area contributed by atoms with Crippen molar-refractivity contribution in [1.82, 2.24) is 10.6 Å². The molecule has 110 valence electrons. The Morgan fingerprint density at radius 2 is 2.25 bits per heavy atom. The Morgan fingerprint density at radius 3 is 2.90 bits per heavy atom. The molecular formula is C13H18N2O4S. The van der Waals surface area contributed by atoms with E-state index in [1.165, 1.54) is 4.88 Å². The van der Waals surface area contributed by atoms with Gasteiger partial charge in [0, 0.05) is 18.0 Å². The summed E-state index contributed by atoms with van der Waals surface area (Å²) in [6, 6.07) is 3.77. The van der Waals surface area contributed by atoms with Crippen LogP contribution in [-0.2, 0) is 16.0 Å². The number of carboxylic acids is 1. The Hall–Kier alpha value is -1.60. The Balaban J connectivity index is 1.57. The van der Waals surface area contributed by atoms with Crippen LogP contribution in [0.25, 0.3) is 0 Å². The van der Waals surface area contributed by atoms with Crippen molar-refractivity contribution in [3.05, 3.63) is 22.4 Å². The molecule has 2 unspecified atom stereocenters. The van der Waals surface area contributed by atoms with Crippen molar-refractivity contribution in [3.8, 4) is 0 Å². The minimum Gasteiger partial charge on any atom is -0.479 e. The molecule has 1 saturated heterocycles. The van der Waals surface area contributed by atoms with E-state index in [1.54, 1.807) is 11.3 Å². The summed E-state index contributed by atoms with van der Waals surface area (Å²) in [5, 5.41) is 16.3. The average molecular weight is 298 g/mol. The summed E-state index contributed by atoms with van der Waals surface area (Å²) in [7, 11) is 0. The van der Waals surface area contributed by atoms with Gasteiger partial charge in [-0.25, -0.2) is 9.59 Å². The van der Waals surface area contributed by atoms with E-state index in [1.807, 2.05) is 17.5 Å². The van der Waals surface area contributed by atoms with Crippen LogP contribution in [0.2, 0.25) is 0 Å². The zero-order valence-electron chi connectivity index (χ0n) is 11.0. The van der Waals surface area contributed by atoms with Crippen molar-refractivity contribution in [2.24, 2.45) is 0 Å². The van der Waals surface area contributed by atoms with E-state index in [2.05, 4.69) is 10.6 Å². The topological polar surface area (TPSA) is 87.7 Å². The third-order valence-corrected chi connectivity index (χ3v) is 4.05. The molecule has 1 aromatic heterocycles. The van der Waals surface area contributed by atoms with Crippen LogP contribution in [0.3, 0.4) is 0 Å². The van der Waals surface area contributed by atoms with Gasteiger partial charge in [0.15, 0.2) is 6.10 Å². The van der Waals surface area contributed by atoms with Crippen LogP contribution in [0.15, 0.2) is 17.5 Å². The summed E-state index contributed by atoms with van der Waals surface area (Å²) in [5.41, 5.74) is 0. The standard InChI is InChI=1S/C13H18N2O4S/c16-12(17)11-4-3-9(19-11)8-15-13(18)14-6-5-10-2-1-7-20-10/h1-2,7,9,11H,3-6,8H2,(H,16,17)(H2,14,15,18). The summed E-state index contributed by atoms with van der Waals surface area (Å²) in [4.78, 5) is 23.5. The molecule has 1 aliphatic heterocycles. The smallest absolute Gasteiger partial charge is 0.332 e. The van der Waals surface area contributed by atoms with Gasteiger partial charge in [-0.1, -0.05) is 6.07 Å². The van der Waals surface area contributed by atoms with E-state index in [0.717, 1.165) is 6.42 Å². The summed E-state index contributed by atoms with van der Waals surface area (Å²) in [5.74, 6) is -0.937. The lowest BCUT2D eigenvalue weighted by atomic mass is 10.2. The van der Waals surface area contributed by atoms with Gasteiger partial charge in [0.1, 0.15) is 0 Å². The number of carbonyl (C=O) groups excluding carboxylic acids is 1. The zero-order valence-corrected chi connectivity index (χ0v) is 11.8. The molecule has 0 radical (unpaired) electrons. The fourth-order valence-corrected chi connectivity index (χ4v) is 2.77. The van der Waals surface area contributed by atoms with Gasteiger partial charge in [-0.15, -0.1) is 11.3 Å². The van der Waals surface area contributed by atoms with Gasteiger partial charge < -0.3 is 20.5 Å². The molecule has 1 aliphatic rings. The molecule has 7 heteroatoms. The van der Waals surface area contributed by atoms with E-state index in [9.17, 15) is 9.59 Å². The van der Waals surface area contributed by atoms with Gasteiger partial charge in [-0.2, -0.15) is 0 Å². The highest BCUT2D eigenvalue weighted by atomic mass is 32.1. The van der Waals surface area contributed by atoms with Gasteiger partial charge in [0.05, 0.1) is 6.10 Å². The van der Waals surface area contributed by atoms with Gasteiger partial charge in [-0.3, -0.25) is 0 Å². The van der Waals surface area contributed by atoms with Crippen LogP contribution in [0.4, 0.5) is 4.79 Å². The van der Waals surface area contributed by atoms with Gasteiger partial charge >= 0.3 is 12.0 Å². The van der Waals surface area contributed by atoms with Gasteiger partial charge in [0.2, 0.25) is 0 Å². The third-order valence-electron chi connectivity index (χ3n) is 3.11. The lowest BCUT2D eigenvalue weighted by Crippen LogP contribution is -2.40. The number of nitrogens with one attached hydrogen (secondary N) is 2. The monoisotopic (exact) mass is 298 g/mol. The summed E-state index contributed by atoms with van der Waals surface area (Å²) < 4.78 is 5.30. The van der Waals surface area contributed by atoms with Crippen molar-refractivity contribution in [3.63, 3.8) is 0 Å². The second-order valence-electron chi connectivity index (χ2n) is 4.63. The van der Waals surface area contributed by atoms with Crippen LogP contribution in [0.1, 0.15) is 17.7 Å². The molecule has 6 nitrogen and oxygen atoms in total. The van der Waals surface area contributed by atoms with Crippen LogP contribution >= 0.6 is 11.3 Å². The summed E-state index contributed by atoms with van der Waals surface area (Å²) in [6.07, 6.45) is 1.03. The van der Waals surface area contributed by atoms with E-state index in [4.69, 9.17) is 9.84 Å². The van der Waals surface area contributed by atoms with Crippen LogP contribution in [-0.4, -0.2) is 42.4 Å². The Kier molecular flexibility index (Phi) is 5.37. The zero-order chi connectivity index (χ0) is 14.4. The van der Waals surface area contributed by atoms with E-state index < -0.39 is 12.1 Å². The quantitative estimate of drug-likeness (QED) is 0.737. The highest BCUT2D eigenvalue weighted by molar-refractivity contribution is 7.09. The lowest BCUT2D eigenvalue weighted by molar-refractivity contribution is -0.149. The van der Waals surface area contributed by atoms with E-state index >= 15 is 0 Å². The number of carbonyl (C=O) groups is 2. The number of urea groups is 1. The largest absolute Gasteiger partial charge is 0.479 e. The molecule has 20 heavy (non-hydrogen) atoms. The molecule has 0 bridgehead atoms. The number of hydrogen-bond donors (Lipinski definition) is 3.